The van der Waals surface area contributed by atoms with Gasteiger partial charge in [-0.3, -0.25) is 14.5 Å². The number of nitrogens with one attached hydrogen (secondary N) is 1. The topological polar surface area (TPSA) is 97.3 Å². The van der Waals surface area contributed by atoms with Gasteiger partial charge >= 0.3 is 0 Å². The van der Waals surface area contributed by atoms with Crippen molar-refractivity contribution in [1.82, 2.24) is 0 Å². The number of benzene rings is 4. The van der Waals surface area contributed by atoms with Crippen LogP contribution in [0.4, 0.5) is 17.1 Å². The van der Waals surface area contributed by atoms with Gasteiger partial charge in [0.2, 0.25) is 11.8 Å². The lowest BCUT2D eigenvalue weighted by atomic mass is 9.69. The third-order valence-electron chi connectivity index (χ3n) is 10.3. The van der Waals surface area contributed by atoms with Crippen molar-refractivity contribution in [3.05, 3.63) is 123 Å². The van der Waals surface area contributed by atoms with E-state index in [1.165, 1.54) is 10.5 Å². The highest BCUT2D eigenvalue weighted by Gasteiger charge is 2.57. The molecule has 4 aromatic rings. The van der Waals surface area contributed by atoms with Gasteiger partial charge in [0.25, 0.3) is 0 Å². The average Bonchev–Trinajstić information content (AvgIpc) is 3.70. The quantitative estimate of drug-likeness (QED) is 0.0790. The number of hydrogen-bond donors (Lipinski definition) is 2. The van der Waals surface area contributed by atoms with Gasteiger partial charge in [-0.25, -0.2) is 0 Å². The lowest BCUT2D eigenvalue weighted by molar-refractivity contribution is -0.122. The summed E-state index contributed by atoms with van der Waals surface area (Å²) < 4.78 is 19.0. The maximum absolute atomic E-state index is 14.3. The zero-order chi connectivity index (χ0) is 36.2. The summed E-state index contributed by atoms with van der Waals surface area (Å²) in [6, 6.07) is 30.9. The van der Waals surface area contributed by atoms with Gasteiger partial charge in [-0.15, -0.1) is 0 Å². The fourth-order valence-electron chi connectivity index (χ4n) is 7.90. The molecule has 2 fully saturated rings. The highest BCUT2D eigenvalue weighted by molar-refractivity contribution is 14.1. The number of hydrogen-bond acceptors (Lipinski definition) is 7. The standard InChI is InChI=1S/C43H43IN2O6/c1-3-10-27(21-28-22-36(44)41(47)38(23-28)50-2)15-20-37-39-29(25-51-33-13-8-5-9-14-33)24-34-40(35(39)26-52-37)43(49)46(42(34)48)32-18-16-31(17-19-32)45-30-11-6-4-7-12-30/h4-9,11-14,16-19,21-23,34-35,37,40,45,47H,3,10,15,20,24-26H2,1-2H3/b27-21+/t34-,35+,37-,40-/m1/s1. The summed E-state index contributed by atoms with van der Waals surface area (Å²) in [5, 5.41) is 13.7. The van der Waals surface area contributed by atoms with Gasteiger partial charge in [0.1, 0.15) is 12.4 Å². The number of fused-ring (bicyclic) bond motifs is 3. The number of halogens is 1. The number of ether oxygens (including phenoxy) is 3. The van der Waals surface area contributed by atoms with Crippen LogP contribution in [0.5, 0.6) is 17.2 Å². The first-order valence-corrected chi connectivity index (χ1v) is 19.0. The number of phenolic OH excluding ortho intramolecular Hbond substituents is 1. The molecular weight excluding hydrogens is 767 g/mol. The lowest BCUT2D eigenvalue weighted by Gasteiger charge is -2.31. The van der Waals surface area contributed by atoms with Crippen LogP contribution >= 0.6 is 22.6 Å². The molecule has 1 aliphatic carbocycles. The van der Waals surface area contributed by atoms with Crippen LogP contribution < -0.4 is 19.7 Å². The molecule has 0 radical (unpaired) electrons. The van der Waals surface area contributed by atoms with Crippen LogP contribution in [0, 0.1) is 21.3 Å². The molecule has 0 spiro atoms. The molecule has 8 nitrogen and oxygen atoms in total. The van der Waals surface area contributed by atoms with Crippen molar-refractivity contribution in [3.63, 3.8) is 0 Å². The highest BCUT2D eigenvalue weighted by Crippen LogP contribution is 2.51. The second-order valence-electron chi connectivity index (χ2n) is 13.6. The molecule has 4 aromatic carbocycles. The second-order valence-corrected chi connectivity index (χ2v) is 14.8. The van der Waals surface area contributed by atoms with Crippen molar-refractivity contribution in [3.8, 4) is 17.2 Å². The first kappa shape index (κ1) is 35.8. The predicted molar refractivity (Wildman–Crippen MR) is 212 cm³/mol. The first-order valence-electron chi connectivity index (χ1n) is 17.9. The Kier molecular flexibility index (Phi) is 11.0. The first-order chi connectivity index (χ1) is 25.3. The van der Waals surface area contributed by atoms with Crippen LogP contribution in [0.1, 0.15) is 44.6 Å². The molecule has 2 N–H and O–H groups in total. The van der Waals surface area contributed by atoms with Crippen LogP contribution in [-0.2, 0) is 14.3 Å². The van der Waals surface area contributed by atoms with Crippen LogP contribution in [0.3, 0.4) is 0 Å². The molecule has 52 heavy (non-hydrogen) atoms. The summed E-state index contributed by atoms with van der Waals surface area (Å²) >= 11 is 2.12. The SMILES string of the molecule is CCC/C(=C\c1cc(I)c(O)c(OC)c1)CC[C@H]1OC[C@H]2C1=C(COc1ccccc1)C[C@H]1C(=O)N(c3ccc(Nc4ccccc4)cc3)C(=O)[C@H]12. The minimum atomic E-state index is -0.479. The van der Waals surface area contributed by atoms with Crippen molar-refractivity contribution in [1.29, 1.82) is 0 Å². The number of allylic oxidation sites excluding steroid dienone is 1. The molecular formula is C43H43IN2O6. The third kappa shape index (κ3) is 7.47. The van der Waals surface area contributed by atoms with Crippen molar-refractivity contribution >= 4 is 57.5 Å². The largest absolute Gasteiger partial charge is 0.504 e. The van der Waals surface area contributed by atoms with Crippen molar-refractivity contribution in [2.75, 3.05) is 30.5 Å². The average molecular weight is 811 g/mol. The van der Waals surface area contributed by atoms with Gasteiger partial charge < -0.3 is 24.6 Å². The number of aromatic hydroxyl groups is 1. The van der Waals surface area contributed by atoms with E-state index in [0.29, 0.717) is 31.1 Å². The molecule has 4 atom stereocenters. The molecule has 0 bridgehead atoms. The van der Waals surface area contributed by atoms with Gasteiger partial charge in [0.05, 0.1) is 40.9 Å². The Morgan fingerprint density at radius 1 is 0.942 bits per heavy atom. The zero-order valence-corrected chi connectivity index (χ0v) is 31.5. The molecule has 2 heterocycles. The van der Waals surface area contributed by atoms with E-state index in [-0.39, 0.29) is 29.6 Å². The number of carbonyl (C=O) groups excluding carboxylic acids is 2. The number of phenols is 1. The van der Waals surface area contributed by atoms with Gasteiger partial charge in [-0.05, 0) is 126 Å². The van der Waals surface area contributed by atoms with Gasteiger partial charge in [0, 0.05) is 17.3 Å². The Morgan fingerprint density at radius 2 is 1.65 bits per heavy atom. The van der Waals surface area contributed by atoms with E-state index >= 15 is 0 Å². The normalized spacial score (nSPS) is 21.3. The summed E-state index contributed by atoms with van der Waals surface area (Å²) in [6.07, 6.45) is 5.92. The van der Waals surface area contributed by atoms with Crippen LogP contribution in [-0.4, -0.2) is 43.3 Å². The summed E-state index contributed by atoms with van der Waals surface area (Å²) in [4.78, 5) is 29.8. The maximum Gasteiger partial charge on any atom is 0.238 e. The Labute approximate surface area is 318 Å². The van der Waals surface area contributed by atoms with Crippen LogP contribution in [0.15, 0.2) is 114 Å². The van der Waals surface area contributed by atoms with E-state index in [1.54, 1.807) is 7.11 Å². The molecule has 9 heteroatoms. The number of amides is 2. The number of imide groups is 1. The number of methoxy groups -OCH3 is 1. The Hall–Kier alpha value is -4.61. The van der Waals surface area contributed by atoms with Crippen molar-refractivity contribution in [2.24, 2.45) is 17.8 Å². The molecule has 0 saturated carbocycles. The molecule has 0 aromatic heterocycles. The lowest BCUT2D eigenvalue weighted by Crippen LogP contribution is -2.35. The summed E-state index contributed by atoms with van der Waals surface area (Å²) in [5.74, 6) is -0.107. The third-order valence-corrected chi connectivity index (χ3v) is 11.1. The summed E-state index contributed by atoms with van der Waals surface area (Å²) in [7, 11) is 1.56. The van der Waals surface area contributed by atoms with Crippen molar-refractivity contribution in [2.45, 2.75) is 45.1 Å². The molecule has 0 unspecified atom stereocenters. The van der Waals surface area contributed by atoms with E-state index in [1.807, 2.05) is 97.1 Å². The molecule has 7 rings (SSSR count). The van der Waals surface area contributed by atoms with Gasteiger partial charge in [-0.2, -0.15) is 0 Å². The van der Waals surface area contributed by atoms with Crippen molar-refractivity contribution < 1.29 is 28.9 Å². The number of nitrogens with zero attached hydrogens (tertiary/aromatic N) is 1. The van der Waals surface area contributed by atoms with E-state index < -0.39 is 11.8 Å². The van der Waals surface area contributed by atoms with E-state index in [9.17, 15) is 14.7 Å². The monoisotopic (exact) mass is 810 g/mol. The number of rotatable bonds is 13. The van der Waals surface area contributed by atoms with Crippen LogP contribution in [0.2, 0.25) is 0 Å². The number of para-hydroxylation sites is 2. The number of anilines is 3. The summed E-state index contributed by atoms with van der Waals surface area (Å²) in [6.45, 7) is 2.90. The van der Waals surface area contributed by atoms with Gasteiger partial charge in [0.15, 0.2) is 11.5 Å². The Bertz CT molecular complexity index is 1980. The molecule has 2 aliphatic heterocycles. The molecule has 3 aliphatic rings. The van der Waals surface area contributed by atoms with Crippen LogP contribution in [0.25, 0.3) is 6.08 Å². The fourth-order valence-corrected chi connectivity index (χ4v) is 8.53. The molecule has 2 amide bonds. The smallest absolute Gasteiger partial charge is 0.238 e. The number of carbonyl (C=O) groups is 2. The Balaban J connectivity index is 1.14. The molecule has 268 valence electrons. The zero-order valence-electron chi connectivity index (χ0n) is 29.4. The summed E-state index contributed by atoms with van der Waals surface area (Å²) in [5.41, 5.74) is 6.85. The minimum Gasteiger partial charge on any atom is -0.504 e. The van der Waals surface area contributed by atoms with Gasteiger partial charge in [-0.1, -0.05) is 61.4 Å². The second kappa shape index (κ2) is 16.0. The maximum atomic E-state index is 14.3. The highest BCUT2D eigenvalue weighted by atomic mass is 127. The minimum absolute atomic E-state index is 0.145. The fraction of sp³-hybridized carbons (Fsp3) is 0.302. The van der Waals surface area contributed by atoms with E-state index in [0.717, 1.165) is 63.1 Å². The molecule has 2 saturated heterocycles. The van der Waals surface area contributed by atoms with E-state index in [2.05, 4.69) is 40.9 Å². The predicted octanol–water partition coefficient (Wildman–Crippen LogP) is 9.31. The van der Waals surface area contributed by atoms with E-state index in [4.69, 9.17) is 14.2 Å². The Morgan fingerprint density at radius 3 is 2.37 bits per heavy atom.